The van der Waals surface area contributed by atoms with Crippen LogP contribution in [0.25, 0.3) is 22.4 Å². The van der Waals surface area contributed by atoms with E-state index in [4.69, 9.17) is 4.52 Å². The fraction of sp³-hybridized carbons (Fsp3) is 0.238. The molecule has 0 bridgehead atoms. The van der Waals surface area contributed by atoms with Crippen LogP contribution in [0, 0.1) is 0 Å². The number of hydrogen-bond acceptors (Lipinski definition) is 5. The van der Waals surface area contributed by atoms with E-state index in [1.807, 2.05) is 49.6 Å². The van der Waals surface area contributed by atoms with E-state index in [0.717, 1.165) is 16.6 Å². The monoisotopic (exact) mass is 375 g/mol. The van der Waals surface area contributed by atoms with E-state index in [0.29, 0.717) is 23.3 Å². The minimum absolute atomic E-state index is 0.185. The summed E-state index contributed by atoms with van der Waals surface area (Å²) >= 11 is 0. The average Bonchev–Trinajstić information content (AvgIpc) is 3.35. The average molecular weight is 375 g/mol. The Morgan fingerprint density at radius 3 is 2.64 bits per heavy atom. The van der Waals surface area contributed by atoms with Crippen LogP contribution in [0.2, 0.25) is 0 Å². The van der Waals surface area contributed by atoms with Crippen molar-refractivity contribution in [2.45, 2.75) is 32.9 Å². The van der Waals surface area contributed by atoms with Crippen LogP contribution in [-0.2, 0) is 0 Å². The summed E-state index contributed by atoms with van der Waals surface area (Å²) in [5, 5.41) is 6.96. The van der Waals surface area contributed by atoms with Crippen LogP contribution in [0.3, 0.4) is 0 Å². The summed E-state index contributed by atoms with van der Waals surface area (Å²) in [6.45, 7) is 6.03. The van der Waals surface area contributed by atoms with E-state index < -0.39 is 6.04 Å². The number of aromatic nitrogens is 4. The van der Waals surface area contributed by atoms with E-state index in [9.17, 15) is 4.79 Å². The van der Waals surface area contributed by atoms with E-state index in [1.165, 1.54) is 0 Å². The summed E-state index contributed by atoms with van der Waals surface area (Å²) in [5.41, 5.74) is 3.36. The highest BCUT2D eigenvalue weighted by atomic mass is 16.5. The lowest BCUT2D eigenvalue weighted by molar-refractivity contribution is 0.0932. The summed E-state index contributed by atoms with van der Waals surface area (Å²) in [6.07, 6.45) is 1.84. The first-order chi connectivity index (χ1) is 13.5. The van der Waals surface area contributed by atoms with Crippen LogP contribution in [0.5, 0.6) is 0 Å². The molecule has 0 unspecified atom stereocenters. The van der Waals surface area contributed by atoms with Crippen molar-refractivity contribution in [3.8, 4) is 11.4 Å². The molecule has 142 valence electrons. The minimum Gasteiger partial charge on any atom is -0.341 e. The maximum absolute atomic E-state index is 12.3. The maximum Gasteiger partial charge on any atom is 0.251 e. The normalized spacial score (nSPS) is 12.4. The Kier molecular flexibility index (Phi) is 4.65. The number of carbonyl (C=O) groups excluding carboxylic acids is 1. The fourth-order valence-electron chi connectivity index (χ4n) is 3.04. The highest BCUT2D eigenvalue weighted by Crippen LogP contribution is 2.25. The Bertz CT molecular complexity index is 1110. The van der Waals surface area contributed by atoms with Gasteiger partial charge in [-0.2, -0.15) is 4.98 Å². The first kappa shape index (κ1) is 17.9. The molecule has 0 aliphatic heterocycles. The third-order valence-electron chi connectivity index (χ3n) is 4.59. The number of hydrogen-bond donors (Lipinski definition) is 1. The molecule has 1 amide bonds. The zero-order valence-corrected chi connectivity index (χ0v) is 16.0. The zero-order chi connectivity index (χ0) is 19.7. The molecule has 28 heavy (non-hydrogen) atoms. The van der Waals surface area contributed by atoms with Gasteiger partial charge in [-0.1, -0.05) is 23.4 Å². The van der Waals surface area contributed by atoms with Crippen molar-refractivity contribution in [1.29, 1.82) is 0 Å². The SMILES string of the molecule is CC(C)n1cnc2ccc(-c3noc([C@H](C)NC(=O)c4ccccc4)n3)cc21. The number of benzene rings is 2. The Balaban J connectivity index is 1.56. The Morgan fingerprint density at radius 1 is 1.11 bits per heavy atom. The lowest BCUT2D eigenvalue weighted by Crippen LogP contribution is -2.26. The molecule has 2 heterocycles. The number of rotatable bonds is 5. The smallest absolute Gasteiger partial charge is 0.251 e. The van der Waals surface area contributed by atoms with Gasteiger partial charge in [0.1, 0.15) is 6.04 Å². The lowest BCUT2D eigenvalue weighted by Gasteiger charge is -2.09. The van der Waals surface area contributed by atoms with Gasteiger partial charge >= 0.3 is 0 Å². The molecule has 4 rings (SSSR count). The summed E-state index contributed by atoms with van der Waals surface area (Å²) in [7, 11) is 0. The molecule has 7 heteroatoms. The molecule has 0 fully saturated rings. The van der Waals surface area contributed by atoms with Crippen molar-refractivity contribution in [3.05, 3.63) is 66.3 Å². The quantitative estimate of drug-likeness (QED) is 0.566. The minimum atomic E-state index is -0.404. The molecule has 0 aliphatic rings. The summed E-state index contributed by atoms with van der Waals surface area (Å²) < 4.78 is 7.49. The van der Waals surface area contributed by atoms with E-state index in [1.54, 1.807) is 12.1 Å². The summed E-state index contributed by atoms with van der Waals surface area (Å²) in [5.74, 6) is 0.654. The molecule has 7 nitrogen and oxygen atoms in total. The highest BCUT2D eigenvalue weighted by Gasteiger charge is 2.18. The first-order valence-electron chi connectivity index (χ1n) is 9.19. The predicted octanol–water partition coefficient (Wildman–Crippen LogP) is 4.16. The summed E-state index contributed by atoms with van der Waals surface area (Å²) in [6, 6.07) is 14.8. The van der Waals surface area contributed by atoms with Crippen LogP contribution in [0.1, 0.15) is 49.1 Å². The van der Waals surface area contributed by atoms with E-state index in [2.05, 4.69) is 38.9 Å². The Hall–Kier alpha value is -3.48. The molecule has 0 spiro atoms. The molecule has 0 aliphatic carbocycles. The molecule has 4 aromatic rings. The second-order valence-electron chi connectivity index (χ2n) is 6.97. The van der Waals surface area contributed by atoms with Crippen molar-refractivity contribution < 1.29 is 9.32 Å². The molecule has 2 aromatic heterocycles. The first-order valence-corrected chi connectivity index (χ1v) is 9.19. The number of carbonyl (C=O) groups is 1. The van der Waals surface area contributed by atoms with Gasteiger partial charge in [0.15, 0.2) is 0 Å². The maximum atomic E-state index is 12.3. The van der Waals surface area contributed by atoms with Crippen LogP contribution < -0.4 is 5.32 Å². The van der Waals surface area contributed by atoms with Gasteiger partial charge in [-0.3, -0.25) is 4.79 Å². The molecule has 1 atom stereocenters. The molecular weight excluding hydrogens is 354 g/mol. The Morgan fingerprint density at radius 2 is 1.89 bits per heavy atom. The van der Waals surface area contributed by atoms with Gasteiger partial charge in [0.05, 0.1) is 17.4 Å². The topological polar surface area (TPSA) is 85.8 Å². The number of imidazole rings is 1. The van der Waals surface area contributed by atoms with Crippen LogP contribution in [0.4, 0.5) is 0 Å². The van der Waals surface area contributed by atoms with Gasteiger partial charge in [-0.05, 0) is 51.1 Å². The van der Waals surface area contributed by atoms with Crippen LogP contribution in [0.15, 0.2) is 59.4 Å². The Labute approximate surface area is 162 Å². The van der Waals surface area contributed by atoms with Gasteiger partial charge in [-0.25, -0.2) is 4.98 Å². The molecule has 2 aromatic carbocycles. The molecule has 0 radical (unpaired) electrons. The largest absolute Gasteiger partial charge is 0.341 e. The van der Waals surface area contributed by atoms with Gasteiger partial charge in [-0.15, -0.1) is 0 Å². The predicted molar refractivity (Wildman–Crippen MR) is 106 cm³/mol. The van der Waals surface area contributed by atoms with Crippen molar-refractivity contribution in [2.24, 2.45) is 0 Å². The standard InChI is InChI=1S/C21H21N5O2/c1-13(2)26-12-22-17-10-9-16(11-18(17)26)19-24-21(28-25-19)14(3)23-20(27)15-7-5-4-6-8-15/h4-14H,1-3H3,(H,23,27)/t14-/m0/s1. The number of fused-ring (bicyclic) bond motifs is 1. The highest BCUT2D eigenvalue weighted by molar-refractivity contribution is 5.94. The summed E-state index contributed by atoms with van der Waals surface area (Å²) in [4.78, 5) is 21.2. The number of nitrogens with one attached hydrogen (secondary N) is 1. The van der Waals surface area contributed by atoms with Crippen molar-refractivity contribution in [3.63, 3.8) is 0 Å². The number of amides is 1. The van der Waals surface area contributed by atoms with Crippen molar-refractivity contribution in [2.75, 3.05) is 0 Å². The van der Waals surface area contributed by atoms with Crippen LogP contribution >= 0.6 is 0 Å². The van der Waals surface area contributed by atoms with E-state index >= 15 is 0 Å². The second kappa shape index (κ2) is 7.26. The van der Waals surface area contributed by atoms with Gasteiger partial charge in [0.2, 0.25) is 11.7 Å². The van der Waals surface area contributed by atoms with Gasteiger partial charge < -0.3 is 14.4 Å². The zero-order valence-electron chi connectivity index (χ0n) is 16.0. The third-order valence-corrected chi connectivity index (χ3v) is 4.59. The molecule has 0 saturated carbocycles. The van der Waals surface area contributed by atoms with Gasteiger partial charge in [0.25, 0.3) is 5.91 Å². The lowest BCUT2D eigenvalue weighted by atomic mass is 10.2. The molecule has 1 N–H and O–H groups in total. The van der Waals surface area contributed by atoms with Gasteiger partial charge in [0, 0.05) is 17.2 Å². The molecule has 0 saturated heterocycles. The second-order valence-corrected chi connectivity index (χ2v) is 6.97. The molecular formula is C21H21N5O2. The van der Waals surface area contributed by atoms with Crippen molar-refractivity contribution in [1.82, 2.24) is 25.0 Å². The van der Waals surface area contributed by atoms with E-state index in [-0.39, 0.29) is 5.91 Å². The third kappa shape index (κ3) is 3.38. The van der Waals surface area contributed by atoms with Crippen LogP contribution in [-0.4, -0.2) is 25.6 Å². The number of nitrogens with zero attached hydrogens (tertiary/aromatic N) is 4. The van der Waals surface area contributed by atoms with Crippen molar-refractivity contribution >= 4 is 16.9 Å². The fourth-order valence-corrected chi connectivity index (χ4v) is 3.04.